The lowest BCUT2D eigenvalue weighted by atomic mass is 9.63. The summed E-state index contributed by atoms with van der Waals surface area (Å²) in [5, 5.41) is 2.93. The van der Waals surface area contributed by atoms with Crippen LogP contribution in [-0.4, -0.2) is 30.3 Å². The van der Waals surface area contributed by atoms with Gasteiger partial charge in [0.1, 0.15) is 0 Å². The zero-order valence-corrected chi connectivity index (χ0v) is 17.6. The minimum Gasteiger partial charge on any atom is -0.336 e. The highest BCUT2D eigenvalue weighted by Crippen LogP contribution is 2.45. The van der Waals surface area contributed by atoms with Crippen LogP contribution in [-0.2, 0) is 15.0 Å². The molecule has 0 heterocycles. The lowest BCUT2D eigenvalue weighted by Crippen LogP contribution is -2.51. The first kappa shape index (κ1) is 19.6. The predicted molar refractivity (Wildman–Crippen MR) is 112 cm³/mol. The molecule has 142 valence electrons. The van der Waals surface area contributed by atoms with Crippen molar-refractivity contribution in [3.63, 3.8) is 0 Å². The van der Waals surface area contributed by atoms with Crippen LogP contribution in [0.3, 0.4) is 0 Å². The summed E-state index contributed by atoms with van der Waals surface area (Å²) in [5.74, 6) is -0.156. The van der Waals surface area contributed by atoms with Crippen molar-refractivity contribution in [1.82, 2.24) is 4.90 Å². The Morgan fingerprint density at radius 1 is 1.11 bits per heavy atom. The first-order valence-corrected chi connectivity index (χ1v) is 10.0. The smallest absolute Gasteiger partial charge is 0.243 e. The summed E-state index contributed by atoms with van der Waals surface area (Å²) in [4.78, 5) is 27.2. The second-order valence-electron chi connectivity index (χ2n) is 7.40. The molecule has 0 unspecified atom stereocenters. The van der Waals surface area contributed by atoms with E-state index in [2.05, 4.69) is 21.2 Å². The normalized spacial score (nSPS) is 15.0. The first-order valence-electron chi connectivity index (χ1n) is 9.21. The molecule has 0 bridgehead atoms. The monoisotopic (exact) mass is 428 g/mol. The number of nitrogens with one attached hydrogen (secondary N) is 1. The molecule has 0 radical (unpaired) electrons. The maximum Gasteiger partial charge on any atom is 0.243 e. The van der Waals surface area contributed by atoms with E-state index in [0.29, 0.717) is 0 Å². The van der Waals surface area contributed by atoms with Gasteiger partial charge in [-0.15, -0.1) is 0 Å². The van der Waals surface area contributed by atoms with Crippen molar-refractivity contribution in [2.24, 2.45) is 0 Å². The Hall–Kier alpha value is -2.14. The van der Waals surface area contributed by atoms with Gasteiger partial charge in [-0.3, -0.25) is 9.59 Å². The fourth-order valence-electron chi connectivity index (χ4n) is 3.65. The second kappa shape index (κ2) is 7.85. The first-order chi connectivity index (χ1) is 12.8. The average Bonchev–Trinajstić information content (AvgIpc) is 2.59. The molecule has 0 atom stereocenters. The molecule has 1 saturated carbocycles. The molecule has 3 rings (SSSR count). The molecule has 5 heteroatoms. The third kappa shape index (κ3) is 3.93. The summed E-state index contributed by atoms with van der Waals surface area (Å²) < 4.78 is 0.995. The number of amides is 2. The molecule has 1 aliphatic carbocycles. The van der Waals surface area contributed by atoms with E-state index in [9.17, 15) is 9.59 Å². The molecule has 1 fully saturated rings. The van der Waals surface area contributed by atoms with E-state index in [1.54, 1.807) is 11.9 Å². The summed E-state index contributed by atoms with van der Waals surface area (Å²) in [7, 11) is 1.71. The van der Waals surface area contributed by atoms with Gasteiger partial charge in [0.15, 0.2) is 0 Å². The van der Waals surface area contributed by atoms with Crippen LogP contribution in [0.4, 0.5) is 5.69 Å². The van der Waals surface area contributed by atoms with Gasteiger partial charge in [-0.1, -0.05) is 46.6 Å². The van der Waals surface area contributed by atoms with Gasteiger partial charge >= 0.3 is 0 Å². The van der Waals surface area contributed by atoms with Gasteiger partial charge in [-0.05, 0) is 61.6 Å². The van der Waals surface area contributed by atoms with Crippen LogP contribution >= 0.6 is 15.9 Å². The van der Waals surface area contributed by atoms with Gasteiger partial charge in [-0.2, -0.15) is 0 Å². The second-order valence-corrected chi connectivity index (χ2v) is 8.32. The van der Waals surface area contributed by atoms with Crippen LogP contribution in [0, 0.1) is 13.8 Å². The Labute approximate surface area is 169 Å². The molecule has 4 nitrogen and oxygen atoms in total. The molecule has 2 amide bonds. The number of nitrogens with zero attached hydrogens (tertiary/aromatic N) is 1. The fraction of sp³-hybridized carbons (Fsp3) is 0.364. The van der Waals surface area contributed by atoms with E-state index in [0.717, 1.165) is 46.1 Å². The van der Waals surface area contributed by atoms with Crippen molar-refractivity contribution in [3.05, 3.63) is 63.6 Å². The molecule has 1 N–H and O–H groups in total. The Morgan fingerprint density at radius 3 is 2.37 bits per heavy atom. The number of hydrogen-bond acceptors (Lipinski definition) is 2. The largest absolute Gasteiger partial charge is 0.336 e. The van der Waals surface area contributed by atoms with Crippen molar-refractivity contribution in [3.8, 4) is 0 Å². The molecule has 1 aliphatic rings. The third-order valence-corrected chi connectivity index (χ3v) is 6.15. The number of anilines is 1. The van der Waals surface area contributed by atoms with E-state index in [1.165, 1.54) is 0 Å². The number of carbonyl (C=O) groups is 2. The zero-order valence-electron chi connectivity index (χ0n) is 16.0. The van der Waals surface area contributed by atoms with Crippen LogP contribution in [0.1, 0.15) is 36.0 Å². The van der Waals surface area contributed by atoms with Gasteiger partial charge in [0.2, 0.25) is 11.8 Å². The van der Waals surface area contributed by atoms with Gasteiger partial charge in [-0.25, -0.2) is 0 Å². The Bertz CT molecular complexity index is 857. The molecule has 0 saturated heterocycles. The molecule has 0 aliphatic heterocycles. The van der Waals surface area contributed by atoms with Crippen LogP contribution in [0.2, 0.25) is 0 Å². The van der Waals surface area contributed by atoms with Crippen LogP contribution < -0.4 is 5.32 Å². The Kier molecular flexibility index (Phi) is 5.70. The predicted octanol–water partition coefficient (Wildman–Crippen LogP) is 4.58. The molecule has 2 aromatic rings. The standard InChI is InChI=1S/C22H25BrN2O2/c1-15-6-4-7-19(16(15)2)24-20(26)14-25(3)21(27)22(12-5-13-22)17-8-10-18(23)11-9-17/h4,6-11H,5,12-14H2,1-3H3,(H,24,26). The highest BCUT2D eigenvalue weighted by atomic mass is 79.9. The van der Waals surface area contributed by atoms with E-state index >= 15 is 0 Å². The van der Waals surface area contributed by atoms with Crippen molar-refractivity contribution >= 4 is 33.4 Å². The number of halogens is 1. The fourth-order valence-corrected chi connectivity index (χ4v) is 3.92. The van der Waals surface area contributed by atoms with Crippen molar-refractivity contribution in [1.29, 1.82) is 0 Å². The SMILES string of the molecule is Cc1cccc(NC(=O)CN(C)C(=O)C2(c3ccc(Br)cc3)CCC2)c1C. The summed E-state index contributed by atoms with van der Waals surface area (Å²) >= 11 is 3.44. The lowest BCUT2D eigenvalue weighted by molar-refractivity contribution is -0.141. The highest BCUT2D eigenvalue weighted by Gasteiger charge is 2.47. The molecule has 0 aromatic heterocycles. The van der Waals surface area contributed by atoms with Gasteiger partial charge in [0.25, 0.3) is 0 Å². The van der Waals surface area contributed by atoms with Gasteiger partial charge in [0.05, 0.1) is 12.0 Å². The molecular weight excluding hydrogens is 404 g/mol. The number of hydrogen-bond donors (Lipinski definition) is 1. The van der Waals surface area contributed by atoms with Gasteiger partial charge < -0.3 is 10.2 Å². The lowest BCUT2D eigenvalue weighted by Gasteiger charge is -2.43. The van der Waals surface area contributed by atoms with Crippen molar-refractivity contribution < 1.29 is 9.59 Å². The Morgan fingerprint density at radius 2 is 1.78 bits per heavy atom. The molecule has 2 aromatic carbocycles. The van der Waals surface area contributed by atoms with E-state index in [1.807, 2.05) is 56.3 Å². The highest BCUT2D eigenvalue weighted by molar-refractivity contribution is 9.10. The minimum absolute atomic E-state index is 0.0205. The number of benzene rings is 2. The minimum atomic E-state index is -0.491. The van der Waals surface area contributed by atoms with Crippen LogP contribution in [0.15, 0.2) is 46.9 Å². The quantitative estimate of drug-likeness (QED) is 0.756. The summed E-state index contributed by atoms with van der Waals surface area (Å²) in [6.07, 6.45) is 2.69. The van der Waals surface area contributed by atoms with Gasteiger partial charge in [0, 0.05) is 17.2 Å². The maximum absolute atomic E-state index is 13.2. The third-order valence-electron chi connectivity index (χ3n) is 5.62. The number of aryl methyl sites for hydroxylation is 1. The topological polar surface area (TPSA) is 49.4 Å². The van der Waals surface area contributed by atoms with Crippen LogP contribution in [0.5, 0.6) is 0 Å². The number of likely N-dealkylation sites (N-methyl/N-ethyl adjacent to an activating group) is 1. The van der Waals surface area contributed by atoms with E-state index in [-0.39, 0.29) is 18.4 Å². The van der Waals surface area contributed by atoms with Crippen molar-refractivity contribution in [2.45, 2.75) is 38.5 Å². The average molecular weight is 429 g/mol. The van der Waals surface area contributed by atoms with Crippen LogP contribution in [0.25, 0.3) is 0 Å². The summed E-state index contributed by atoms with van der Waals surface area (Å²) in [6.45, 7) is 4.04. The molecule has 0 spiro atoms. The summed E-state index contributed by atoms with van der Waals surface area (Å²) in [6, 6.07) is 13.8. The molecular formula is C22H25BrN2O2. The van der Waals surface area contributed by atoms with E-state index in [4.69, 9.17) is 0 Å². The molecule has 27 heavy (non-hydrogen) atoms. The Balaban J connectivity index is 1.70. The zero-order chi connectivity index (χ0) is 19.6. The van der Waals surface area contributed by atoms with E-state index < -0.39 is 5.41 Å². The van der Waals surface area contributed by atoms with Crippen molar-refractivity contribution in [2.75, 3.05) is 18.9 Å². The number of rotatable bonds is 5. The maximum atomic E-state index is 13.2. The summed E-state index contributed by atoms with van der Waals surface area (Å²) in [5.41, 5.74) is 3.51. The number of carbonyl (C=O) groups excluding carboxylic acids is 2.